The standard InChI is InChI=1S/C10H13BrClNO/c1-7-4-13(6-9(7)12)5-8-2-3-10(11)14-8/h2-3,7,9H,4-6H2,1H3. The third-order valence-electron chi connectivity index (χ3n) is 2.60. The summed E-state index contributed by atoms with van der Waals surface area (Å²) in [6.45, 7) is 5.07. The van der Waals surface area contributed by atoms with E-state index in [0.29, 0.717) is 5.92 Å². The molecule has 14 heavy (non-hydrogen) atoms. The fourth-order valence-corrected chi connectivity index (χ4v) is 2.42. The van der Waals surface area contributed by atoms with Crippen LogP contribution in [-0.2, 0) is 6.54 Å². The van der Waals surface area contributed by atoms with Crippen LogP contribution in [0.2, 0.25) is 0 Å². The van der Waals surface area contributed by atoms with Gasteiger partial charge >= 0.3 is 0 Å². The molecule has 1 fully saturated rings. The van der Waals surface area contributed by atoms with Crippen molar-refractivity contribution in [3.63, 3.8) is 0 Å². The number of rotatable bonds is 2. The minimum Gasteiger partial charge on any atom is -0.453 e. The normalized spacial score (nSPS) is 28.5. The Bertz CT molecular complexity index is 305. The van der Waals surface area contributed by atoms with Crippen molar-refractivity contribution in [3.05, 3.63) is 22.6 Å². The van der Waals surface area contributed by atoms with E-state index < -0.39 is 0 Å². The summed E-state index contributed by atoms with van der Waals surface area (Å²) in [5.41, 5.74) is 0. The van der Waals surface area contributed by atoms with E-state index >= 15 is 0 Å². The van der Waals surface area contributed by atoms with Gasteiger partial charge in [-0.1, -0.05) is 6.92 Å². The average Bonchev–Trinajstić information content (AvgIpc) is 2.62. The second kappa shape index (κ2) is 4.25. The Kier molecular flexibility index (Phi) is 3.20. The topological polar surface area (TPSA) is 16.4 Å². The van der Waals surface area contributed by atoms with Gasteiger partial charge in [-0.3, -0.25) is 4.90 Å². The SMILES string of the molecule is CC1CN(Cc2ccc(Br)o2)CC1Cl. The summed E-state index contributed by atoms with van der Waals surface area (Å²) >= 11 is 9.44. The van der Waals surface area contributed by atoms with Gasteiger partial charge in [0.15, 0.2) is 4.67 Å². The molecule has 1 aliphatic heterocycles. The molecule has 0 amide bonds. The molecule has 1 aromatic rings. The molecule has 0 N–H and O–H groups in total. The molecule has 0 aliphatic carbocycles. The first-order valence-corrected chi connectivity index (χ1v) is 5.98. The van der Waals surface area contributed by atoms with Crippen molar-refractivity contribution in [3.8, 4) is 0 Å². The summed E-state index contributed by atoms with van der Waals surface area (Å²) < 4.78 is 6.24. The van der Waals surface area contributed by atoms with Gasteiger partial charge in [0.1, 0.15) is 5.76 Å². The van der Waals surface area contributed by atoms with Crippen LogP contribution in [0.3, 0.4) is 0 Å². The fraction of sp³-hybridized carbons (Fsp3) is 0.600. The molecule has 2 heterocycles. The first-order valence-electron chi connectivity index (χ1n) is 4.76. The second-order valence-electron chi connectivity index (χ2n) is 3.89. The molecule has 1 aromatic heterocycles. The number of halogens is 2. The zero-order chi connectivity index (χ0) is 10.1. The Morgan fingerprint density at radius 3 is 2.86 bits per heavy atom. The maximum Gasteiger partial charge on any atom is 0.169 e. The largest absolute Gasteiger partial charge is 0.453 e. The summed E-state index contributed by atoms with van der Waals surface area (Å²) in [5, 5.41) is 0.286. The molecule has 0 radical (unpaired) electrons. The van der Waals surface area contributed by atoms with Crippen molar-refractivity contribution >= 4 is 27.5 Å². The van der Waals surface area contributed by atoms with Crippen LogP contribution in [-0.4, -0.2) is 23.4 Å². The van der Waals surface area contributed by atoms with Crippen molar-refractivity contribution in [1.29, 1.82) is 0 Å². The van der Waals surface area contributed by atoms with E-state index in [0.717, 1.165) is 30.1 Å². The van der Waals surface area contributed by atoms with Gasteiger partial charge in [-0.25, -0.2) is 0 Å². The van der Waals surface area contributed by atoms with Gasteiger partial charge in [0.2, 0.25) is 0 Å². The predicted octanol–water partition coefficient (Wildman–Crippen LogP) is 3.10. The van der Waals surface area contributed by atoms with Gasteiger partial charge in [0.05, 0.1) is 11.9 Å². The average molecular weight is 279 g/mol. The summed E-state index contributed by atoms with van der Waals surface area (Å²) in [7, 11) is 0. The number of hydrogen-bond donors (Lipinski definition) is 0. The first-order chi connectivity index (χ1) is 6.65. The molecule has 0 saturated carbocycles. The van der Waals surface area contributed by atoms with E-state index in [-0.39, 0.29) is 5.38 Å². The minimum atomic E-state index is 0.286. The van der Waals surface area contributed by atoms with Crippen LogP contribution < -0.4 is 0 Å². The molecule has 2 rings (SSSR count). The first kappa shape index (κ1) is 10.5. The lowest BCUT2D eigenvalue weighted by atomic mass is 10.2. The molecule has 4 heteroatoms. The maximum atomic E-state index is 6.15. The molecule has 1 saturated heterocycles. The Morgan fingerprint density at radius 2 is 2.36 bits per heavy atom. The highest BCUT2D eigenvalue weighted by Crippen LogP contribution is 2.24. The second-order valence-corrected chi connectivity index (χ2v) is 5.24. The molecule has 0 aromatic carbocycles. The Labute approximate surface area is 97.3 Å². The number of furan rings is 1. The van der Waals surface area contributed by atoms with Crippen LogP contribution in [0, 0.1) is 5.92 Å². The van der Waals surface area contributed by atoms with Crippen LogP contribution in [0.15, 0.2) is 21.2 Å². The van der Waals surface area contributed by atoms with Crippen molar-refractivity contribution in [2.24, 2.45) is 5.92 Å². The zero-order valence-electron chi connectivity index (χ0n) is 8.04. The van der Waals surface area contributed by atoms with Gasteiger partial charge in [0.25, 0.3) is 0 Å². The molecular formula is C10H13BrClNO. The molecule has 2 nitrogen and oxygen atoms in total. The van der Waals surface area contributed by atoms with E-state index in [1.54, 1.807) is 0 Å². The van der Waals surface area contributed by atoms with Gasteiger partial charge in [0, 0.05) is 13.1 Å². The van der Waals surface area contributed by atoms with Gasteiger partial charge in [-0.05, 0) is 34.0 Å². The smallest absolute Gasteiger partial charge is 0.169 e. The van der Waals surface area contributed by atoms with Crippen molar-refractivity contribution in [2.75, 3.05) is 13.1 Å². The van der Waals surface area contributed by atoms with E-state index in [2.05, 4.69) is 27.8 Å². The van der Waals surface area contributed by atoms with E-state index in [9.17, 15) is 0 Å². The van der Waals surface area contributed by atoms with Crippen LogP contribution >= 0.6 is 27.5 Å². The lowest BCUT2D eigenvalue weighted by Gasteiger charge is -2.12. The number of nitrogens with zero attached hydrogens (tertiary/aromatic N) is 1. The van der Waals surface area contributed by atoms with Crippen molar-refractivity contribution < 1.29 is 4.42 Å². The monoisotopic (exact) mass is 277 g/mol. The summed E-state index contributed by atoms with van der Waals surface area (Å²) in [6.07, 6.45) is 0. The van der Waals surface area contributed by atoms with Crippen molar-refractivity contribution in [1.82, 2.24) is 4.90 Å². The number of likely N-dealkylation sites (tertiary alicyclic amines) is 1. The van der Waals surface area contributed by atoms with Crippen LogP contribution in [0.4, 0.5) is 0 Å². The number of alkyl halides is 1. The predicted molar refractivity (Wildman–Crippen MR) is 60.5 cm³/mol. The highest BCUT2D eigenvalue weighted by atomic mass is 79.9. The van der Waals surface area contributed by atoms with Gasteiger partial charge < -0.3 is 4.42 Å². The lowest BCUT2D eigenvalue weighted by molar-refractivity contribution is 0.287. The van der Waals surface area contributed by atoms with E-state index in [1.807, 2.05) is 12.1 Å². The molecule has 0 bridgehead atoms. The van der Waals surface area contributed by atoms with Crippen LogP contribution in [0.25, 0.3) is 0 Å². The third kappa shape index (κ3) is 2.33. The Morgan fingerprint density at radius 1 is 1.57 bits per heavy atom. The summed E-state index contributed by atoms with van der Waals surface area (Å²) in [6, 6.07) is 3.92. The molecular weight excluding hydrogens is 265 g/mol. The third-order valence-corrected chi connectivity index (χ3v) is 3.60. The summed E-state index contributed by atoms with van der Waals surface area (Å²) in [4.78, 5) is 2.33. The minimum absolute atomic E-state index is 0.286. The molecule has 1 aliphatic rings. The Hall–Kier alpha value is 0.01000. The quantitative estimate of drug-likeness (QED) is 0.773. The highest BCUT2D eigenvalue weighted by molar-refractivity contribution is 9.10. The highest BCUT2D eigenvalue weighted by Gasteiger charge is 2.28. The van der Waals surface area contributed by atoms with Gasteiger partial charge in [-0.15, -0.1) is 11.6 Å². The van der Waals surface area contributed by atoms with E-state index in [4.69, 9.17) is 16.0 Å². The zero-order valence-corrected chi connectivity index (χ0v) is 10.4. The van der Waals surface area contributed by atoms with Crippen LogP contribution in [0.5, 0.6) is 0 Å². The fourth-order valence-electron chi connectivity index (χ4n) is 1.81. The van der Waals surface area contributed by atoms with Crippen molar-refractivity contribution in [2.45, 2.75) is 18.8 Å². The molecule has 0 spiro atoms. The van der Waals surface area contributed by atoms with Gasteiger partial charge in [-0.2, -0.15) is 0 Å². The van der Waals surface area contributed by atoms with E-state index in [1.165, 1.54) is 0 Å². The Balaban J connectivity index is 1.93. The molecule has 78 valence electrons. The van der Waals surface area contributed by atoms with Crippen LogP contribution in [0.1, 0.15) is 12.7 Å². The molecule has 2 atom stereocenters. The maximum absolute atomic E-state index is 6.15. The lowest BCUT2D eigenvalue weighted by Crippen LogP contribution is -2.19. The summed E-state index contributed by atoms with van der Waals surface area (Å²) in [5.74, 6) is 1.57. The molecule has 2 unspecified atom stereocenters. The number of hydrogen-bond acceptors (Lipinski definition) is 2.